The Bertz CT molecular complexity index is 707. The summed E-state index contributed by atoms with van der Waals surface area (Å²) in [4.78, 5) is 23.6. The summed E-state index contributed by atoms with van der Waals surface area (Å²) in [6.07, 6.45) is 1.93. The summed E-state index contributed by atoms with van der Waals surface area (Å²) in [5.41, 5.74) is 0.556. The van der Waals surface area contributed by atoms with Crippen LogP contribution in [0.3, 0.4) is 0 Å². The summed E-state index contributed by atoms with van der Waals surface area (Å²) in [5.74, 6) is 2.10. The maximum absolute atomic E-state index is 12.7. The van der Waals surface area contributed by atoms with E-state index in [2.05, 4.69) is 29.0 Å². The van der Waals surface area contributed by atoms with Gasteiger partial charge in [-0.2, -0.15) is 4.98 Å². The topological polar surface area (TPSA) is 72.1 Å². The fourth-order valence-electron chi connectivity index (χ4n) is 2.83. The smallest absolute Gasteiger partial charge is 0.273 e. The van der Waals surface area contributed by atoms with Gasteiger partial charge in [0.2, 0.25) is 5.89 Å². The van der Waals surface area contributed by atoms with Crippen molar-refractivity contribution < 1.29 is 9.32 Å². The van der Waals surface area contributed by atoms with Crippen LogP contribution in [0.25, 0.3) is 0 Å². The fraction of sp³-hybridized carbons (Fsp3) is 0.647. The van der Waals surface area contributed by atoms with Crippen LogP contribution in [0, 0.1) is 0 Å². The molecule has 1 fully saturated rings. The zero-order chi connectivity index (χ0) is 17.3. The van der Waals surface area contributed by atoms with Gasteiger partial charge in [0.25, 0.3) is 5.91 Å². The molecule has 7 heteroatoms. The average Bonchev–Trinajstić information content (AvgIpc) is 3.24. The number of rotatable bonds is 4. The SMILES string of the molecule is CC(C)c1nc(C2CCCN(C(=O)c3csc(C(C)C)n3)C2)no1. The molecule has 3 rings (SSSR count). The Morgan fingerprint density at radius 2 is 2.08 bits per heavy atom. The zero-order valence-corrected chi connectivity index (χ0v) is 15.5. The number of piperidine rings is 1. The minimum Gasteiger partial charge on any atom is -0.339 e. The first-order valence-corrected chi connectivity index (χ1v) is 9.41. The molecule has 0 bridgehead atoms. The molecule has 2 aromatic rings. The second-order valence-corrected chi connectivity index (χ2v) is 7.85. The van der Waals surface area contributed by atoms with Crippen LogP contribution in [0.1, 0.15) is 85.5 Å². The van der Waals surface area contributed by atoms with Gasteiger partial charge in [0.05, 0.1) is 5.01 Å². The average molecular weight is 348 g/mol. The molecule has 24 heavy (non-hydrogen) atoms. The van der Waals surface area contributed by atoms with E-state index >= 15 is 0 Å². The highest BCUT2D eigenvalue weighted by Crippen LogP contribution is 2.28. The van der Waals surface area contributed by atoms with E-state index in [0.29, 0.717) is 24.0 Å². The first-order valence-electron chi connectivity index (χ1n) is 8.54. The van der Waals surface area contributed by atoms with E-state index in [1.165, 1.54) is 0 Å². The van der Waals surface area contributed by atoms with Gasteiger partial charge in [-0.1, -0.05) is 32.9 Å². The van der Waals surface area contributed by atoms with Gasteiger partial charge in [0.15, 0.2) is 5.82 Å². The van der Waals surface area contributed by atoms with E-state index in [4.69, 9.17) is 4.52 Å². The third-order valence-corrected chi connectivity index (χ3v) is 5.41. The minimum atomic E-state index is 0.00966. The van der Waals surface area contributed by atoms with E-state index in [-0.39, 0.29) is 17.7 Å². The molecule has 2 aromatic heterocycles. The van der Waals surface area contributed by atoms with E-state index in [0.717, 1.165) is 30.2 Å². The molecule has 1 unspecified atom stereocenters. The highest BCUT2D eigenvalue weighted by atomic mass is 32.1. The van der Waals surface area contributed by atoms with Crippen molar-refractivity contribution in [1.82, 2.24) is 20.0 Å². The van der Waals surface area contributed by atoms with Gasteiger partial charge in [-0.15, -0.1) is 11.3 Å². The Hall–Kier alpha value is -1.76. The molecule has 0 saturated carbocycles. The molecule has 0 spiro atoms. The Kier molecular flexibility index (Phi) is 4.99. The summed E-state index contributed by atoms with van der Waals surface area (Å²) in [5, 5.41) is 6.99. The summed E-state index contributed by atoms with van der Waals surface area (Å²) in [7, 11) is 0. The molecule has 0 aliphatic carbocycles. The van der Waals surface area contributed by atoms with Crippen LogP contribution in [0.2, 0.25) is 0 Å². The largest absolute Gasteiger partial charge is 0.339 e. The van der Waals surface area contributed by atoms with Gasteiger partial charge in [-0.25, -0.2) is 4.98 Å². The number of hydrogen-bond donors (Lipinski definition) is 0. The van der Waals surface area contributed by atoms with Gasteiger partial charge in [-0.05, 0) is 12.8 Å². The first kappa shape index (κ1) is 17.1. The van der Waals surface area contributed by atoms with Gasteiger partial charge < -0.3 is 9.42 Å². The molecule has 130 valence electrons. The highest BCUT2D eigenvalue weighted by Gasteiger charge is 2.29. The Labute approximate surface area is 146 Å². The molecular formula is C17H24N4O2S. The van der Waals surface area contributed by atoms with E-state index in [1.807, 2.05) is 24.1 Å². The number of thiazole rings is 1. The summed E-state index contributed by atoms with van der Waals surface area (Å²) in [6, 6.07) is 0. The van der Waals surface area contributed by atoms with Crippen LogP contribution in [-0.4, -0.2) is 39.0 Å². The number of amides is 1. The van der Waals surface area contributed by atoms with Gasteiger partial charge in [0, 0.05) is 36.2 Å². The van der Waals surface area contributed by atoms with Crippen molar-refractivity contribution in [3.05, 3.63) is 27.8 Å². The molecule has 1 aliphatic heterocycles. The van der Waals surface area contributed by atoms with Crippen LogP contribution in [0.4, 0.5) is 0 Å². The molecule has 0 N–H and O–H groups in total. The lowest BCUT2D eigenvalue weighted by molar-refractivity contribution is 0.0698. The van der Waals surface area contributed by atoms with Crippen molar-refractivity contribution >= 4 is 17.2 Å². The van der Waals surface area contributed by atoms with Gasteiger partial charge in [-0.3, -0.25) is 4.79 Å². The van der Waals surface area contributed by atoms with Crippen molar-refractivity contribution in [2.45, 2.75) is 58.3 Å². The maximum atomic E-state index is 12.7. The molecular weight excluding hydrogens is 324 g/mol. The van der Waals surface area contributed by atoms with Gasteiger partial charge in [0.1, 0.15) is 5.69 Å². The van der Waals surface area contributed by atoms with Crippen LogP contribution in [-0.2, 0) is 0 Å². The summed E-state index contributed by atoms with van der Waals surface area (Å²) in [6.45, 7) is 9.63. The first-order chi connectivity index (χ1) is 11.5. The number of carbonyl (C=O) groups excluding carboxylic acids is 1. The molecule has 1 saturated heterocycles. The predicted molar refractivity (Wildman–Crippen MR) is 92.5 cm³/mol. The Morgan fingerprint density at radius 1 is 1.29 bits per heavy atom. The number of carbonyl (C=O) groups is 1. The second kappa shape index (κ2) is 7.01. The number of nitrogens with zero attached hydrogens (tertiary/aromatic N) is 4. The second-order valence-electron chi connectivity index (χ2n) is 6.96. The zero-order valence-electron chi connectivity index (χ0n) is 14.7. The van der Waals surface area contributed by atoms with Gasteiger partial charge >= 0.3 is 0 Å². The lowest BCUT2D eigenvalue weighted by Crippen LogP contribution is -2.39. The molecule has 0 radical (unpaired) electrons. The molecule has 0 aromatic carbocycles. The molecule has 1 aliphatic rings. The third-order valence-electron chi connectivity index (χ3n) is 4.26. The third kappa shape index (κ3) is 3.50. The van der Waals surface area contributed by atoms with Crippen LogP contribution < -0.4 is 0 Å². The van der Waals surface area contributed by atoms with Crippen LogP contribution in [0.5, 0.6) is 0 Å². The quantitative estimate of drug-likeness (QED) is 0.840. The molecule has 1 amide bonds. The summed E-state index contributed by atoms with van der Waals surface area (Å²) >= 11 is 1.56. The Balaban J connectivity index is 1.71. The van der Waals surface area contributed by atoms with Crippen molar-refractivity contribution in [2.24, 2.45) is 0 Å². The predicted octanol–water partition coefficient (Wildman–Crippen LogP) is 3.79. The Morgan fingerprint density at radius 3 is 2.71 bits per heavy atom. The normalized spacial score (nSPS) is 18.6. The summed E-state index contributed by atoms with van der Waals surface area (Å²) < 4.78 is 5.31. The van der Waals surface area contributed by atoms with E-state index < -0.39 is 0 Å². The van der Waals surface area contributed by atoms with Crippen molar-refractivity contribution in [1.29, 1.82) is 0 Å². The van der Waals surface area contributed by atoms with Crippen molar-refractivity contribution in [3.63, 3.8) is 0 Å². The number of likely N-dealkylation sites (tertiary alicyclic amines) is 1. The molecule has 6 nitrogen and oxygen atoms in total. The van der Waals surface area contributed by atoms with Crippen LogP contribution in [0.15, 0.2) is 9.90 Å². The lowest BCUT2D eigenvalue weighted by atomic mass is 9.97. The van der Waals surface area contributed by atoms with Crippen LogP contribution >= 0.6 is 11.3 Å². The van der Waals surface area contributed by atoms with E-state index in [1.54, 1.807) is 11.3 Å². The number of hydrogen-bond acceptors (Lipinski definition) is 6. The molecule has 3 heterocycles. The van der Waals surface area contributed by atoms with Crippen molar-refractivity contribution in [3.8, 4) is 0 Å². The standard InChI is InChI=1S/C17H24N4O2S/c1-10(2)15-19-14(20-23-15)12-6-5-7-21(8-12)17(22)13-9-24-16(18-13)11(3)4/h9-12H,5-8H2,1-4H3. The highest BCUT2D eigenvalue weighted by molar-refractivity contribution is 7.09. The number of aromatic nitrogens is 3. The van der Waals surface area contributed by atoms with Crippen molar-refractivity contribution in [2.75, 3.05) is 13.1 Å². The fourth-order valence-corrected chi connectivity index (χ4v) is 3.64. The molecule has 1 atom stereocenters. The monoisotopic (exact) mass is 348 g/mol. The van der Waals surface area contributed by atoms with E-state index in [9.17, 15) is 4.79 Å². The lowest BCUT2D eigenvalue weighted by Gasteiger charge is -2.30. The maximum Gasteiger partial charge on any atom is 0.273 e. The minimum absolute atomic E-state index is 0.00966.